The summed E-state index contributed by atoms with van der Waals surface area (Å²) in [5, 5.41) is 3.39. The standard InChI is InChI=1S/C22H26ClF2NO3S/c1-22(2,11-16-7-8-19(23)30-16)26-12-15-13-28-18-10-14(9-17(24)21(18)25)5-3-4-6-20(27)29-15/h7-10,15,26H,3-6,11-13H2,1-2H3. The van der Waals surface area contributed by atoms with Crippen molar-refractivity contribution in [1.82, 2.24) is 5.32 Å². The van der Waals surface area contributed by atoms with Crippen LogP contribution in [0.25, 0.3) is 0 Å². The summed E-state index contributed by atoms with van der Waals surface area (Å²) >= 11 is 7.53. The number of hydrogen-bond acceptors (Lipinski definition) is 5. The van der Waals surface area contributed by atoms with Gasteiger partial charge in [0.05, 0.1) is 4.34 Å². The molecule has 1 N–H and O–H groups in total. The molecule has 0 aliphatic carbocycles. The maximum Gasteiger partial charge on any atom is 0.306 e. The number of halogens is 3. The van der Waals surface area contributed by atoms with Crippen molar-refractivity contribution in [1.29, 1.82) is 0 Å². The number of benzene rings is 1. The van der Waals surface area contributed by atoms with Crippen molar-refractivity contribution in [2.75, 3.05) is 13.2 Å². The van der Waals surface area contributed by atoms with Crippen LogP contribution in [0.15, 0.2) is 24.3 Å². The average Bonchev–Trinajstić information content (AvgIpc) is 3.07. The van der Waals surface area contributed by atoms with Crippen LogP contribution in [0, 0.1) is 11.6 Å². The fourth-order valence-electron chi connectivity index (χ4n) is 3.36. The Labute approximate surface area is 184 Å². The summed E-state index contributed by atoms with van der Waals surface area (Å²) in [4.78, 5) is 13.3. The van der Waals surface area contributed by atoms with Gasteiger partial charge < -0.3 is 14.8 Å². The minimum atomic E-state index is -1.02. The van der Waals surface area contributed by atoms with E-state index in [1.165, 1.54) is 23.5 Å². The van der Waals surface area contributed by atoms with Gasteiger partial charge in [-0.2, -0.15) is 4.39 Å². The molecule has 0 radical (unpaired) electrons. The van der Waals surface area contributed by atoms with Crippen LogP contribution in [0.2, 0.25) is 4.34 Å². The molecule has 2 heterocycles. The van der Waals surface area contributed by atoms with Crippen molar-refractivity contribution in [2.45, 2.75) is 57.6 Å². The van der Waals surface area contributed by atoms with E-state index in [-0.39, 0.29) is 30.3 Å². The van der Waals surface area contributed by atoms with E-state index in [9.17, 15) is 13.6 Å². The predicted molar refractivity (Wildman–Crippen MR) is 114 cm³/mol. The van der Waals surface area contributed by atoms with E-state index in [1.807, 2.05) is 26.0 Å². The van der Waals surface area contributed by atoms with Crippen molar-refractivity contribution in [3.8, 4) is 5.75 Å². The number of esters is 1. The molecule has 0 fully saturated rings. The molecule has 1 aliphatic heterocycles. The summed E-state index contributed by atoms with van der Waals surface area (Å²) in [6.07, 6.45) is 2.25. The first-order valence-electron chi connectivity index (χ1n) is 10.0. The van der Waals surface area contributed by atoms with Crippen LogP contribution in [-0.2, 0) is 22.4 Å². The minimum Gasteiger partial charge on any atom is -0.486 e. The summed E-state index contributed by atoms with van der Waals surface area (Å²) in [5.74, 6) is -2.42. The molecule has 2 aromatic rings. The lowest BCUT2D eigenvalue weighted by Gasteiger charge is -2.29. The molecule has 2 bridgehead atoms. The Morgan fingerprint density at radius 3 is 2.73 bits per heavy atom. The molecular formula is C22H26ClF2NO3S. The van der Waals surface area contributed by atoms with Gasteiger partial charge in [-0.3, -0.25) is 4.79 Å². The van der Waals surface area contributed by atoms with Gasteiger partial charge >= 0.3 is 5.97 Å². The first kappa shape index (κ1) is 23.0. The summed E-state index contributed by atoms with van der Waals surface area (Å²) in [5.41, 5.74) is 0.366. The van der Waals surface area contributed by atoms with Gasteiger partial charge in [-0.1, -0.05) is 11.6 Å². The maximum absolute atomic E-state index is 14.1. The second kappa shape index (κ2) is 10.1. The topological polar surface area (TPSA) is 47.6 Å². The van der Waals surface area contributed by atoms with E-state index in [4.69, 9.17) is 21.1 Å². The molecule has 30 heavy (non-hydrogen) atoms. The Kier molecular flexibility index (Phi) is 7.71. The van der Waals surface area contributed by atoms with Crippen molar-refractivity contribution in [2.24, 2.45) is 0 Å². The number of thiophene rings is 1. The summed E-state index contributed by atoms with van der Waals surface area (Å²) < 4.78 is 39.9. The third kappa shape index (κ3) is 6.65. The Morgan fingerprint density at radius 2 is 2.00 bits per heavy atom. The van der Waals surface area contributed by atoms with Gasteiger partial charge in [-0.05, 0) is 69.4 Å². The quantitative estimate of drug-likeness (QED) is 0.618. The molecule has 0 saturated heterocycles. The zero-order valence-corrected chi connectivity index (χ0v) is 18.7. The summed E-state index contributed by atoms with van der Waals surface area (Å²) in [6.45, 7) is 4.33. The van der Waals surface area contributed by atoms with Gasteiger partial charge in [0, 0.05) is 23.4 Å². The second-order valence-corrected chi connectivity index (χ2v) is 9.97. The zero-order chi connectivity index (χ0) is 21.7. The molecule has 164 valence electrons. The molecule has 8 heteroatoms. The zero-order valence-electron chi connectivity index (χ0n) is 17.1. The third-order valence-corrected chi connectivity index (χ3v) is 6.16. The third-order valence-electron chi connectivity index (χ3n) is 4.93. The number of hydrogen-bond donors (Lipinski definition) is 1. The van der Waals surface area contributed by atoms with E-state index in [0.29, 0.717) is 31.4 Å². The molecule has 3 rings (SSSR count). The van der Waals surface area contributed by atoms with Gasteiger partial charge in [0.25, 0.3) is 0 Å². The lowest BCUT2D eigenvalue weighted by molar-refractivity contribution is -0.150. The van der Waals surface area contributed by atoms with Gasteiger partial charge in [0.1, 0.15) is 12.7 Å². The number of nitrogens with one attached hydrogen (secondary N) is 1. The number of carbonyl (C=O) groups is 1. The Hall–Kier alpha value is -1.70. The number of fused-ring (bicyclic) bond motifs is 2. The molecule has 0 saturated carbocycles. The van der Waals surface area contributed by atoms with Crippen LogP contribution in [-0.4, -0.2) is 30.8 Å². The lowest BCUT2D eigenvalue weighted by atomic mass is 9.99. The summed E-state index contributed by atoms with van der Waals surface area (Å²) in [6, 6.07) is 6.56. The highest BCUT2D eigenvalue weighted by atomic mass is 35.5. The molecule has 0 spiro atoms. The van der Waals surface area contributed by atoms with Crippen molar-refractivity contribution >= 4 is 28.9 Å². The molecule has 1 unspecified atom stereocenters. The van der Waals surface area contributed by atoms with Gasteiger partial charge in [-0.15, -0.1) is 11.3 Å². The maximum atomic E-state index is 14.1. The molecule has 4 nitrogen and oxygen atoms in total. The van der Waals surface area contributed by atoms with E-state index < -0.39 is 17.7 Å². The number of ether oxygens (including phenoxy) is 2. The number of rotatable bonds is 5. The van der Waals surface area contributed by atoms with Crippen LogP contribution >= 0.6 is 22.9 Å². The van der Waals surface area contributed by atoms with Crippen molar-refractivity contribution < 1.29 is 23.0 Å². The fraction of sp³-hybridized carbons (Fsp3) is 0.500. The number of carbonyl (C=O) groups excluding carboxylic acids is 1. The highest BCUT2D eigenvalue weighted by molar-refractivity contribution is 7.16. The largest absolute Gasteiger partial charge is 0.486 e. The highest BCUT2D eigenvalue weighted by Gasteiger charge is 2.24. The second-order valence-electron chi connectivity index (χ2n) is 8.17. The molecule has 1 atom stereocenters. The van der Waals surface area contributed by atoms with E-state index in [2.05, 4.69) is 5.32 Å². The van der Waals surface area contributed by atoms with Gasteiger partial charge in [0.2, 0.25) is 5.82 Å². The first-order valence-corrected chi connectivity index (χ1v) is 11.2. The van der Waals surface area contributed by atoms with E-state index >= 15 is 0 Å². The molecule has 1 aromatic heterocycles. The van der Waals surface area contributed by atoms with Crippen LogP contribution in [0.4, 0.5) is 8.78 Å². The minimum absolute atomic E-state index is 0.0700. The fourth-order valence-corrected chi connectivity index (χ4v) is 4.68. The van der Waals surface area contributed by atoms with Crippen LogP contribution in [0.5, 0.6) is 5.75 Å². The summed E-state index contributed by atoms with van der Waals surface area (Å²) in [7, 11) is 0. The first-order chi connectivity index (χ1) is 14.2. The Bertz CT molecular complexity index is 887. The van der Waals surface area contributed by atoms with Gasteiger partial charge in [-0.25, -0.2) is 4.39 Å². The normalized spacial score (nSPS) is 18.2. The molecule has 1 aliphatic rings. The lowest BCUT2D eigenvalue weighted by Crippen LogP contribution is -2.47. The Balaban J connectivity index is 1.68. The SMILES string of the molecule is CC(C)(Cc1ccc(Cl)s1)NCC1COc2cc(cc(F)c2F)CCCCC(=O)O1. The molecule has 1 aromatic carbocycles. The smallest absolute Gasteiger partial charge is 0.306 e. The predicted octanol–water partition coefficient (Wildman–Crippen LogP) is 5.31. The Morgan fingerprint density at radius 1 is 1.23 bits per heavy atom. The number of aryl methyl sites for hydroxylation is 1. The van der Waals surface area contributed by atoms with Crippen LogP contribution in [0.1, 0.15) is 43.6 Å². The van der Waals surface area contributed by atoms with Crippen molar-refractivity contribution in [3.05, 3.63) is 50.7 Å². The monoisotopic (exact) mass is 457 g/mol. The van der Waals surface area contributed by atoms with Crippen molar-refractivity contribution in [3.63, 3.8) is 0 Å². The average molecular weight is 458 g/mol. The van der Waals surface area contributed by atoms with E-state index in [1.54, 1.807) is 0 Å². The highest BCUT2D eigenvalue weighted by Crippen LogP contribution is 2.26. The van der Waals surface area contributed by atoms with E-state index in [0.717, 1.165) is 15.6 Å². The van der Waals surface area contributed by atoms with Gasteiger partial charge in [0.15, 0.2) is 11.6 Å². The number of cyclic esters (lactones) is 1. The molecule has 0 amide bonds. The van der Waals surface area contributed by atoms with Crippen LogP contribution in [0.3, 0.4) is 0 Å². The molecular weight excluding hydrogens is 432 g/mol. The van der Waals surface area contributed by atoms with Crippen LogP contribution < -0.4 is 10.1 Å².